The summed E-state index contributed by atoms with van der Waals surface area (Å²) in [6, 6.07) is 2.40. The fourth-order valence-electron chi connectivity index (χ4n) is 2.47. The molecule has 0 aromatic carbocycles. The summed E-state index contributed by atoms with van der Waals surface area (Å²) < 4.78 is 0.831. The van der Waals surface area contributed by atoms with Crippen LogP contribution in [0.5, 0.6) is 0 Å². The first-order chi connectivity index (χ1) is 9.08. The minimum atomic E-state index is 0.322. The van der Waals surface area contributed by atoms with Gasteiger partial charge in [0.15, 0.2) is 0 Å². The first-order valence-corrected chi connectivity index (χ1v) is 7.79. The molecule has 1 aromatic rings. The van der Waals surface area contributed by atoms with E-state index in [0.29, 0.717) is 24.5 Å². The van der Waals surface area contributed by atoms with E-state index in [1.165, 1.54) is 0 Å². The highest BCUT2D eigenvalue weighted by atomic mass is 79.9. The van der Waals surface area contributed by atoms with Crippen LogP contribution in [0, 0.1) is 5.92 Å². The molecule has 2 N–H and O–H groups in total. The average Bonchev–Trinajstić information content (AvgIpc) is 2.39. The van der Waals surface area contributed by atoms with Crippen LogP contribution in [0.2, 0.25) is 0 Å². The van der Waals surface area contributed by atoms with Crippen LogP contribution in [0.4, 0.5) is 5.82 Å². The van der Waals surface area contributed by atoms with Gasteiger partial charge in [0, 0.05) is 24.6 Å². The van der Waals surface area contributed by atoms with Crippen LogP contribution in [0.3, 0.4) is 0 Å². The molecule has 1 aliphatic rings. The van der Waals surface area contributed by atoms with Gasteiger partial charge in [0.25, 0.3) is 0 Å². The van der Waals surface area contributed by atoms with Crippen molar-refractivity contribution in [3.05, 3.63) is 16.5 Å². The monoisotopic (exact) mass is 327 g/mol. The normalized spacial score (nSPS) is 23.6. The van der Waals surface area contributed by atoms with Gasteiger partial charge in [0.05, 0.1) is 0 Å². The zero-order valence-electron chi connectivity index (χ0n) is 11.6. The Bertz CT molecular complexity index is 417. The second-order valence-electron chi connectivity index (χ2n) is 5.63. The molecule has 0 amide bonds. The molecule has 0 saturated heterocycles. The minimum absolute atomic E-state index is 0.322. The molecule has 0 aliphatic heterocycles. The van der Waals surface area contributed by atoms with Crippen molar-refractivity contribution < 1.29 is 5.11 Å². The highest BCUT2D eigenvalue weighted by Crippen LogP contribution is 2.26. The summed E-state index contributed by atoms with van der Waals surface area (Å²) in [4.78, 5) is 8.95. The highest BCUT2D eigenvalue weighted by Gasteiger charge is 2.21. The summed E-state index contributed by atoms with van der Waals surface area (Å²) in [7, 11) is 0. The maximum absolute atomic E-state index is 9.15. The minimum Gasteiger partial charge on any atom is -0.396 e. The van der Waals surface area contributed by atoms with Crippen molar-refractivity contribution in [1.82, 2.24) is 9.97 Å². The third-order valence-electron chi connectivity index (χ3n) is 3.69. The molecular formula is C14H22BrN3O. The fraction of sp³-hybridized carbons (Fsp3) is 0.714. The van der Waals surface area contributed by atoms with Crippen molar-refractivity contribution in [2.24, 2.45) is 5.92 Å². The quantitative estimate of drug-likeness (QED) is 0.833. The average molecular weight is 328 g/mol. The smallest absolute Gasteiger partial charge is 0.134 e. The maximum Gasteiger partial charge on any atom is 0.134 e. The number of halogens is 1. The Balaban J connectivity index is 1.99. The Morgan fingerprint density at radius 1 is 1.32 bits per heavy atom. The van der Waals surface area contributed by atoms with Crippen LogP contribution in [-0.4, -0.2) is 27.7 Å². The number of aliphatic hydroxyl groups excluding tert-OH is 1. The lowest BCUT2D eigenvalue weighted by Crippen LogP contribution is -2.27. The van der Waals surface area contributed by atoms with Crippen molar-refractivity contribution in [2.75, 3.05) is 11.9 Å². The van der Waals surface area contributed by atoms with Crippen molar-refractivity contribution in [3.8, 4) is 0 Å². The van der Waals surface area contributed by atoms with E-state index >= 15 is 0 Å². The molecule has 0 atom stereocenters. The Morgan fingerprint density at radius 2 is 2.00 bits per heavy atom. The molecule has 0 unspecified atom stereocenters. The topological polar surface area (TPSA) is 58.0 Å². The van der Waals surface area contributed by atoms with Crippen LogP contribution < -0.4 is 5.32 Å². The van der Waals surface area contributed by atoms with Gasteiger partial charge in [-0.3, -0.25) is 0 Å². The molecule has 1 fully saturated rings. The van der Waals surface area contributed by atoms with Crippen LogP contribution in [-0.2, 0) is 0 Å². The van der Waals surface area contributed by atoms with E-state index in [1.54, 1.807) is 0 Å². The molecule has 19 heavy (non-hydrogen) atoms. The van der Waals surface area contributed by atoms with Crippen LogP contribution in [0.25, 0.3) is 0 Å². The number of nitrogens with one attached hydrogen (secondary N) is 1. The van der Waals surface area contributed by atoms with Crippen molar-refractivity contribution in [1.29, 1.82) is 0 Å². The lowest BCUT2D eigenvalue weighted by molar-refractivity contribution is 0.185. The zero-order valence-corrected chi connectivity index (χ0v) is 13.2. The second kappa shape index (κ2) is 6.66. The third kappa shape index (κ3) is 4.14. The standard InChI is InChI=1S/C14H22BrN3O/c1-9(2)14-17-12(15)7-13(18-14)16-11-5-3-10(8-19)4-6-11/h7,9-11,19H,3-6,8H2,1-2H3,(H,16,17,18). The van der Waals surface area contributed by atoms with Gasteiger partial charge in [-0.25, -0.2) is 9.97 Å². The molecule has 1 aromatic heterocycles. The molecule has 1 heterocycles. The molecule has 1 saturated carbocycles. The van der Waals surface area contributed by atoms with E-state index in [9.17, 15) is 0 Å². The number of hydrogen-bond acceptors (Lipinski definition) is 4. The van der Waals surface area contributed by atoms with Gasteiger partial charge in [-0.05, 0) is 47.5 Å². The fourth-order valence-corrected chi connectivity index (χ4v) is 2.86. The molecule has 0 spiro atoms. The molecule has 1 aliphatic carbocycles. The molecule has 5 heteroatoms. The van der Waals surface area contributed by atoms with Crippen molar-refractivity contribution in [3.63, 3.8) is 0 Å². The third-order valence-corrected chi connectivity index (χ3v) is 4.09. The number of aliphatic hydroxyl groups is 1. The summed E-state index contributed by atoms with van der Waals surface area (Å²) in [5.74, 6) is 2.57. The first kappa shape index (κ1) is 14.7. The number of nitrogens with zero attached hydrogens (tertiary/aromatic N) is 2. The Morgan fingerprint density at radius 3 is 2.58 bits per heavy atom. The maximum atomic E-state index is 9.15. The number of aromatic nitrogens is 2. The van der Waals surface area contributed by atoms with E-state index in [0.717, 1.165) is 41.9 Å². The van der Waals surface area contributed by atoms with Crippen LogP contribution >= 0.6 is 15.9 Å². The molecule has 106 valence electrons. The molecular weight excluding hydrogens is 306 g/mol. The largest absolute Gasteiger partial charge is 0.396 e. The summed E-state index contributed by atoms with van der Waals surface area (Å²) >= 11 is 3.44. The number of anilines is 1. The van der Waals surface area contributed by atoms with Gasteiger partial charge < -0.3 is 10.4 Å². The van der Waals surface area contributed by atoms with E-state index in [4.69, 9.17) is 5.11 Å². The van der Waals surface area contributed by atoms with E-state index in [1.807, 2.05) is 6.07 Å². The summed E-state index contributed by atoms with van der Waals surface area (Å²) in [5, 5.41) is 12.7. The van der Waals surface area contributed by atoms with Crippen molar-refractivity contribution >= 4 is 21.7 Å². The van der Waals surface area contributed by atoms with Crippen molar-refractivity contribution in [2.45, 2.75) is 51.5 Å². The van der Waals surface area contributed by atoms with Gasteiger partial charge in [0.1, 0.15) is 16.2 Å². The van der Waals surface area contributed by atoms with E-state index < -0.39 is 0 Å². The predicted octanol–water partition coefficient (Wildman–Crippen LogP) is 3.33. The van der Waals surface area contributed by atoms with E-state index in [-0.39, 0.29) is 0 Å². The number of rotatable bonds is 4. The molecule has 0 bridgehead atoms. The van der Waals surface area contributed by atoms with Gasteiger partial charge in [-0.2, -0.15) is 0 Å². The van der Waals surface area contributed by atoms with Gasteiger partial charge in [-0.15, -0.1) is 0 Å². The first-order valence-electron chi connectivity index (χ1n) is 7.00. The van der Waals surface area contributed by atoms with E-state index in [2.05, 4.69) is 45.1 Å². The molecule has 0 radical (unpaired) electrons. The molecule has 4 nitrogen and oxygen atoms in total. The predicted molar refractivity (Wildman–Crippen MR) is 80.3 cm³/mol. The van der Waals surface area contributed by atoms with Crippen LogP contribution in [0.1, 0.15) is 51.3 Å². The summed E-state index contributed by atoms with van der Waals surface area (Å²) in [6.07, 6.45) is 4.39. The Kier molecular flexibility index (Phi) is 5.16. The van der Waals surface area contributed by atoms with Gasteiger partial charge in [-0.1, -0.05) is 13.8 Å². The lowest BCUT2D eigenvalue weighted by Gasteiger charge is -2.28. The lowest BCUT2D eigenvalue weighted by atomic mass is 9.86. The summed E-state index contributed by atoms with van der Waals surface area (Å²) in [5.41, 5.74) is 0. The molecule has 2 rings (SSSR count). The SMILES string of the molecule is CC(C)c1nc(Br)cc(NC2CCC(CO)CC2)n1. The Hall–Kier alpha value is -0.680. The number of hydrogen-bond donors (Lipinski definition) is 2. The second-order valence-corrected chi connectivity index (χ2v) is 6.45. The Labute approximate surface area is 123 Å². The summed E-state index contributed by atoms with van der Waals surface area (Å²) in [6.45, 7) is 4.51. The van der Waals surface area contributed by atoms with Gasteiger partial charge >= 0.3 is 0 Å². The zero-order chi connectivity index (χ0) is 13.8. The van der Waals surface area contributed by atoms with Gasteiger partial charge in [0.2, 0.25) is 0 Å². The van der Waals surface area contributed by atoms with Crippen LogP contribution in [0.15, 0.2) is 10.7 Å². The highest BCUT2D eigenvalue weighted by molar-refractivity contribution is 9.10.